The fraction of sp³-hybridized carbons (Fsp3) is 0.462. The lowest BCUT2D eigenvalue weighted by Gasteiger charge is -2.31. The van der Waals surface area contributed by atoms with E-state index in [1.54, 1.807) is 29.3 Å². The first-order valence-corrected chi connectivity index (χ1v) is 6.73. The van der Waals surface area contributed by atoms with Crippen LogP contribution in [0.2, 0.25) is 0 Å². The summed E-state index contributed by atoms with van der Waals surface area (Å²) in [6, 6.07) is 5.22. The van der Waals surface area contributed by atoms with Crippen molar-refractivity contribution in [3.05, 3.63) is 34.9 Å². The maximum absolute atomic E-state index is 12.2. The first kappa shape index (κ1) is 13.8. The van der Waals surface area contributed by atoms with Gasteiger partial charge in [-0.05, 0) is 12.1 Å². The Morgan fingerprint density at radius 3 is 3.10 bits per heavy atom. The zero-order chi connectivity index (χ0) is 14.8. The molecule has 2 aromatic rings. The van der Waals surface area contributed by atoms with Crippen LogP contribution in [0.15, 0.2) is 29.2 Å². The second-order valence-corrected chi connectivity index (χ2v) is 4.88. The number of nitrogens with zero attached hydrogens (tertiary/aromatic N) is 4. The van der Waals surface area contributed by atoms with Crippen LogP contribution in [0.4, 0.5) is 0 Å². The molecule has 3 heterocycles. The molecule has 0 aromatic carbocycles. The smallest absolute Gasteiger partial charge is 0.350 e. The third kappa shape index (κ3) is 2.67. The van der Waals surface area contributed by atoms with Crippen LogP contribution in [-0.2, 0) is 16.1 Å². The molecule has 1 atom stereocenters. The average Bonchev–Trinajstić information content (AvgIpc) is 2.84. The zero-order valence-electron chi connectivity index (χ0n) is 11.4. The molecule has 8 nitrogen and oxygen atoms in total. The standard InChI is InChI=1S/C13H16N4O4/c18-9-10-7-15(5-6-21-10)12(19)8-17-13(20)16-4-2-1-3-11(16)14-17/h1-4,10,18H,5-9H2. The van der Waals surface area contributed by atoms with E-state index in [1.165, 1.54) is 4.40 Å². The van der Waals surface area contributed by atoms with E-state index in [-0.39, 0.29) is 30.9 Å². The molecule has 0 bridgehead atoms. The van der Waals surface area contributed by atoms with Gasteiger partial charge in [-0.25, -0.2) is 9.48 Å². The largest absolute Gasteiger partial charge is 0.394 e. The molecule has 0 saturated carbocycles. The fourth-order valence-electron chi connectivity index (χ4n) is 2.36. The number of aliphatic hydroxyl groups is 1. The first-order valence-electron chi connectivity index (χ1n) is 6.73. The highest BCUT2D eigenvalue weighted by Crippen LogP contribution is 2.05. The second-order valence-electron chi connectivity index (χ2n) is 4.88. The predicted octanol–water partition coefficient (Wildman–Crippen LogP) is -1.28. The number of carbonyl (C=O) groups is 1. The third-order valence-electron chi connectivity index (χ3n) is 3.47. The van der Waals surface area contributed by atoms with E-state index in [4.69, 9.17) is 9.84 Å². The Morgan fingerprint density at radius 2 is 2.33 bits per heavy atom. The number of fused-ring (bicyclic) bond motifs is 1. The summed E-state index contributed by atoms with van der Waals surface area (Å²) in [5.74, 6) is -0.206. The molecule has 8 heteroatoms. The Kier molecular flexibility index (Phi) is 3.72. The number of hydrogen-bond acceptors (Lipinski definition) is 5. The van der Waals surface area contributed by atoms with Gasteiger partial charge < -0.3 is 14.7 Å². The van der Waals surface area contributed by atoms with Crippen molar-refractivity contribution >= 4 is 11.6 Å². The van der Waals surface area contributed by atoms with Crippen molar-refractivity contribution in [3.8, 4) is 0 Å². The Morgan fingerprint density at radius 1 is 1.48 bits per heavy atom. The highest BCUT2D eigenvalue weighted by Gasteiger charge is 2.24. The van der Waals surface area contributed by atoms with Crippen molar-refractivity contribution in [2.75, 3.05) is 26.3 Å². The summed E-state index contributed by atoms with van der Waals surface area (Å²) in [4.78, 5) is 25.9. The van der Waals surface area contributed by atoms with Crippen LogP contribution in [0.5, 0.6) is 0 Å². The minimum Gasteiger partial charge on any atom is -0.394 e. The summed E-state index contributed by atoms with van der Waals surface area (Å²) in [6.45, 7) is 0.933. The summed E-state index contributed by atoms with van der Waals surface area (Å²) < 4.78 is 7.84. The van der Waals surface area contributed by atoms with Crippen LogP contribution >= 0.6 is 0 Å². The zero-order valence-corrected chi connectivity index (χ0v) is 11.4. The summed E-state index contributed by atoms with van der Waals surface area (Å²) in [7, 11) is 0. The molecule has 1 aliphatic rings. The molecule has 1 fully saturated rings. The molecule has 1 aliphatic heterocycles. The lowest BCUT2D eigenvalue weighted by molar-refractivity contribution is -0.141. The number of hydrogen-bond donors (Lipinski definition) is 1. The van der Waals surface area contributed by atoms with E-state index < -0.39 is 0 Å². The lowest BCUT2D eigenvalue weighted by atomic mass is 10.3. The SMILES string of the molecule is O=C(Cn1nc2ccccn2c1=O)N1CCOC(CO)C1. The molecule has 112 valence electrons. The lowest BCUT2D eigenvalue weighted by Crippen LogP contribution is -2.48. The maximum atomic E-state index is 12.2. The van der Waals surface area contributed by atoms with Crippen molar-refractivity contribution < 1.29 is 14.6 Å². The number of morpholine rings is 1. The fourth-order valence-corrected chi connectivity index (χ4v) is 2.36. The topological polar surface area (TPSA) is 89.1 Å². The number of amides is 1. The quantitative estimate of drug-likeness (QED) is 0.761. The summed E-state index contributed by atoms with van der Waals surface area (Å²) in [5.41, 5.74) is 0.163. The highest BCUT2D eigenvalue weighted by atomic mass is 16.5. The Hall–Kier alpha value is -2.19. The summed E-state index contributed by atoms with van der Waals surface area (Å²) >= 11 is 0. The molecule has 0 aliphatic carbocycles. The van der Waals surface area contributed by atoms with Crippen LogP contribution in [0.1, 0.15) is 0 Å². The monoisotopic (exact) mass is 292 g/mol. The minimum absolute atomic E-state index is 0.112. The van der Waals surface area contributed by atoms with E-state index >= 15 is 0 Å². The molecule has 0 radical (unpaired) electrons. The van der Waals surface area contributed by atoms with E-state index in [2.05, 4.69) is 5.10 Å². The molecule has 0 spiro atoms. The van der Waals surface area contributed by atoms with Crippen molar-refractivity contribution in [2.24, 2.45) is 0 Å². The van der Waals surface area contributed by atoms with Crippen molar-refractivity contribution in [2.45, 2.75) is 12.6 Å². The number of carbonyl (C=O) groups excluding carboxylic acids is 1. The van der Waals surface area contributed by atoms with E-state index in [0.29, 0.717) is 25.3 Å². The van der Waals surface area contributed by atoms with Gasteiger partial charge in [0.1, 0.15) is 6.54 Å². The summed E-state index contributed by atoms with van der Waals surface area (Å²) in [5, 5.41) is 13.2. The molecule has 1 unspecified atom stereocenters. The summed E-state index contributed by atoms with van der Waals surface area (Å²) in [6.07, 6.45) is 1.25. The van der Waals surface area contributed by atoms with Crippen LogP contribution in [0.3, 0.4) is 0 Å². The molecular weight excluding hydrogens is 276 g/mol. The number of pyridine rings is 1. The number of rotatable bonds is 3. The van der Waals surface area contributed by atoms with Gasteiger partial charge in [-0.2, -0.15) is 0 Å². The Balaban J connectivity index is 1.77. The molecular formula is C13H16N4O4. The third-order valence-corrected chi connectivity index (χ3v) is 3.47. The molecule has 3 rings (SSSR count). The number of aromatic nitrogens is 3. The molecule has 21 heavy (non-hydrogen) atoms. The van der Waals surface area contributed by atoms with E-state index in [0.717, 1.165) is 4.68 Å². The van der Waals surface area contributed by atoms with Crippen molar-refractivity contribution in [3.63, 3.8) is 0 Å². The molecule has 1 N–H and O–H groups in total. The van der Waals surface area contributed by atoms with Gasteiger partial charge in [0.15, 0.2) is 5.65 Å². The molecule has 1 amide bonds. The number of aliphatic hydroxyl groups excluding tert-OH is 1. The van der Waals surface area contributed by atoms with Gasteiger partial charge in [0.25, 0.3) is 0 Å². The minimum atomic E-state index is -0.361. The van der Waals surface area contributed by atoms with Crippen molar-refractivity contribution in [1.29, 1.82) is 0 Å². The second kappa shape index (κ2) is 5.66. The highest BCUT2D eigenvalue weighted by molar-refractivity contribution is 5.76. The number of ether oxygens (including phenoxy) is 1. The van der Waals surface area contributed by atoms with Crippen LogP contribution in [0, 0.1) is 0 Å². The molecule has 2 aromatic heterocycles. The Labute approximate surface area is 120 Å². The van der Waals surface area contributed by atoms with Gasteiger partial charge in [0.05, 0.1) is 19.3 Å². The van der Waals surface area contributed by atoms with Gasteiger partial charge in [0, 0.05) is 19.3 Å². The first-order chi connectivity index (χ1) is 10.2. The maximum Gasteiger partial charge on any atom is 0.350 e. The molecule has 1 saturated heterocycles. The van der Waals surface area contributed by atoms with Gasteiger partial charge in [-0.15, -0.1) is 5.10 Å². The van der Waals surface area contributed by atoms with Gasteiger partial charge in [-0.3, -0.25) is 9.20 Å². The van der Waals surface area contributed by atoms with Gasteiger partial charge >= 0.3 is 5.69 Å². The Bertz CT molecular complexity index is 708. The van der Waals surface area contributed by atoms with E-state index in [1.807, 2.05) is 0 Å². The normalized spacial score (nSPS) is 19.1. The van der Waals surface area contributed by atoms with Crippen LogP contribution < -0.4 is 5.69 Å². The van der Waals surface area contributed by atoms with Crippen LogP contribution in [-0.4, -0.2) is 62.5 Å². The average molecular weight is 292 g/mol. The predicted molar refractivity (Wildman–Crippen MR) is 72.9 cm³/mol. The van der Waals surface area contributed by atoms with E-state index in [9.17, 15) is 9.59 Å². The van der Waals surface area contributed by atoms with Crippen LogP contribution in [0.25, 0.3) is 5.65 Å². The van der Waals surface area contributed by atoms with Crippen molar-refractivity contribution in [1.82, 2.24) is 19.1 Å². The van der Waals surface area contributed by atoms with Gasteiger partial charge in [0.2, 0.25) is 5.91 Å². The van der Waals surface area contributed by atoms with Gasteiger partial charge in [-0.1, -0.05) is 6.07 Å².